The molecule has 1 aliphatic heterocycles. The van der Waals surface area contributed by atoms with E-state index in [1.54, 1.807) is 0 Å². The SMILES string of the molecule is CCCC1(C(=O)O)CCCN(C2CC(C)CC(C)C2)C1. The van der Waals surface area contributed by atoms with Gasteiger partial charge in [0.25, 0.3) is 0 Å². The normalized spacial score (nSPS) is 39.6. The van der Waals surface area contributed by atoms with Crippen LogP contribution in [0, 0.1) is 17.3 Å². The van der Waals surface area contributed by atoms with Gasteiger partial charge in [0.15, 0.2) is 0 Å². The molecule has 0 spiro atoms. The molecule has 116 valence electrons. The summed E-state index contributed by atoms with van der Waals surface area (Å²) in [6.45, 7) is 8.68. The van der Waals surface area contributed by atoms with E-state index in [2.05, 4.69) is 25.7 Å². The number of piperidine rings is 1. The van der Waals surface area contributed by atoms with E-state index in [1.165, 1.54) is 19.3 Å². The summed E-state index contributed by atoms with van der Waals surface area (Å²) in [5.41, 5.74) is -0.475. The Morgan fingerprint density at radius 3 is 2.45 bits per heavy atom. The molecule has 1 saturated carbocycles. The average Bonchev–Trinajstić information content (AvgIpc) is 2.38. The topological polar surface area (TPSA) is 40.5 Å². The minimum absolute atomic E-state index is 0.475. The van der Waals surface area contributed by atoms with Crippen molar-refractivity contribution in [1.29, 1.82) is 0 Å². The maximum absolute atomic E-state index is 11.8. The summed E-state index contributed by atoms with van der Waals surface area (Å²) < 4.78 is 0. The summed E-state index contributed by atoms with van der Waals surface area (Å²) in [4.78, 5) is 14.3. The van der Waals surface area contributed by atoms with Gasteiger partial charge in [0, 0.05) is 12.6 Å². The fourth-order valence-electron chi connectivity index (χ4n) is 4.65. The molecule has 3 nitrogen and oxygen atoms in total. The number of likely N-dealkylation sites (tertiary alicyclic amines) is 1. The standard InChI is InChI=1S/C17H31NO2/c1-4-6-17(16(19)20)7-5-8-18(12-17)15-10-13(2)9-14(3)11-15/h13-15H,4-12H2,1-3H3,(H,19,20). The molecule has 1 heterocycles. The number of carbonyl (C=O) groups is 1. The Labute approximate surface area is 123 Å². The fourth-order valence-corrected chi connectivity index (χ4v) is 4.65. The summed E-state index contributed by atoms with van der Waals surface area (Å²) in [5.74, 6) is 1.01. The van der Waals surface area contributed by atoms with Gasteiger partial charge in [-0.05, 0) is 56.9 Å². The van der Waals surface area contributed by atoms with E-state index in [0.717, 1.165) is 50.6 Å². The fraction of sp³-hybridized carbons (Fsp3) is 0.941. The molecule has 0 bridgehead atoms. The van der Waals surface area contributed by atoms with Gasteiger partial charge in [0.1, 0.15) is 0 Å². The van der Waals surface area contributed by atoms with Crippen LogP contribution in [0.25, 0.3) is 0 Å². The highest BCUT2D eigenvalue weighted by Crippen LogP contribution is 2.39. The third-order valence-corrected chi connectivity index (χ3v) is 5.46. The average molecular weight is 281 g/mol. The summed E-state index contributed by atoms with van der Waals surface area (Å²) >= 11 is 0. The Hall–Kier alpha value is -0.570. The first kappa shape index (κ1) is 15.8. The second-order valence-corrected chi connectivity index (χ2v) is 7.48. The molecular formula is C17H31NO2. The Morgan fingerprint density at radius 2 is 1.90 bits per heavy atom. The Morgan fingerprint density at radius 1 is 1.25 bits per heavy atom. The van der Waals surface area contributed by atoms with Crippen LogP contribution in [0.1, 0.15) is 65.7 Å². The highest BCUT2D eigenvalue weighted by molar-refractivity contribution is 5.75. The van der Waals surface area contributed by atoms with E-state index in [-0.39, 0.29) is 0 Å². The molecule has 20 heavy (non-hydrogen) atoms. The third-order valence-electron chi connectivity index (χ3n) is 5.46. The zero-order valence-corrected chi connectivity index (χ0v) is 13.4. The van der Waals surface area contributed by atoms with Crippen molar-refractivity contribution in [1.82, 2.24) is 4.90 Å². The van der Waals surface area contributed by atoms with Gasteiger partial charge in [0.2, 0.25) is 0 Å². The van der Waals surface area contributed by atoms with Gasteiger partial charge in [-0.2, -0.15) is 0 Å². The molecule has 2 rings (SSSR count). The van der Waals surface area contributed by atoms with Gasteiger partial charge < -0.3 is 5.11 Å². The van der Waals surface area contributed by atoms with Gasteiger partial charge >= 0.3 is 5.97 Å². The minimum Gasteiger partial charge on any atom is -0.481 e. The molecule has 1 saturated heterocycles. The van der Waals surface area contributed by atoms with Gasteiger partial charge in [-0.3, -0.25) is 9.69 Å². The van der Waals surface area contributed by atoms with Crippen molar-refractivity contribution < 1.29 is 9.90 Å². The van der Waals surface area contributed by atoms with Crippen molar-refractivity contribution >= 4 is 5.97 Å². The van der Waals surface area contributed by atoms with Crippen LogP contribution in [-0.4, -0.2) is 35.1 Å². The molecule has 3 atom stereocenters. The Balaban J connectivity index is 2.07. The van der Waals surface area contributed by atoms with E-state index in [1.807, 2.05) is 0 Å². The zero-order chi connectivity index (χ0) is 14.8. The van der Waals surface area contributed by atoms with E-state index >= 15 is 0 Å². The van der Waals surface area contributed by atoms with Crippen LogP contribution in [0.5, 0.6) is 0 Å². The maximum Gasteiger partial charge on any atom is 0.310 e. The smallest absolute Gasteiger partial charge is 0.310 e. The summed E-state index contributed by atoms with van der Waals surface area (Å²) in [7, 11) is 0. The molecule has 0 aromatic rings. The number of hydrogen-bond donors (Lipinski definition) is 1. The monoisotopic (exact) mass is 281 g/mol. The number of rotatable bonds is 4. The zero-order valence-electron chi connectivity index (χ0n) is 13.4. The number of nitrogens with zero attached hydrogens (tertiary/aromatic N) is 1. The highest BCUT2D eigenvalue weighted by atomic mass is 16.4. The van der Waals surface area contributed by atoms with Gasteiger partial charge in [-0.1, -0.05) is 27.2 Å². The van der Waals surface area contributed by atoms with Crippen molar-refractivity contribution in [3.63, 3.8) is 0 Å². The van der Waals surface area contributed by atoms with Crippen molar-refractivity contribution in [3.8, 4) is 0 Å². The first-order chi connectivity index (χ1) is 9.47. The van der Waals surface area contributed by atoms with Crippen LogP contribution in [0.15, 0.2) is 0 Å². The van der Waals surface area contributed by atoms with Crippen molar-refractivity contribution in [2.45, 2.75) is 71.8 Å². The van der Waals surface area contributed by atoms with E-state index in [4.69, 9.17) is 0 Å². The molecule has 0 radical (unpaired) electrons. The van der Waals surface area contributed by atoms with Crippen LogP contribution in [-0.2, 0) is 4.79 Å². The first-order valence-corrected chi connectivity index (χ1v) is 8.44. The predicted octanol–water partition coefficient (Wildman–Crippen LogP) is 3.78. The van der Waals surface area contributed by atoms with Gasteiger partial charge in [-0.25, -0.2) is 0 Å². The lowest BCUT2D eigenvalue weighted by Crippen LogP contribution is -2.52. The molecular weight excluding hydrogens is 250 g/mol. The largest absolute Gasteiger partial charge is 0.481 e. The van der Waals surface area contributed by atoms with Gasteiger partial charge in [-0.15, -0.1) is 0 Å². The number of aliphatic carboxylic acids is 1. The lowest BCUT2D eigenvalue weighted by molar-refractivity contribution is -0.154. The lowest BCUT2D eigenvalue weighted by Gasteiger charge is -2.46. The quantitative estimate of drug-likeness (QED) is 0.852. The number of hydrogen-bond acceptors (Lipinski definition) is 2. The van der Waals surface area contributed by atoms with Crippen molar-refractivity contribution in [3.05, 3.63) is 0 Å². The van der Waals surface area contributed by atoms with E-state index in [9.17, 15) is 9.90 Å². The minimum atomic E-state index is -0.569. The maximum atomic E-state index is 11.8. The molecule has 0 amide bonds. The molecule has 2 aliphatic rings. The Bertz CT molecular complexity index is 330. The van der Waals surface area contributed by atoms with Crippen molar-refractivity contribution in [2.24, 2.45) is 17.3 Å². The molecule has 2 fully saturated rings. The molecule has 1 aliphatic carbocycles. The second kappa shape index (κ2) is 6.46. The molecule has 3 heteroatoms. The van der Waals surface area contributed by atoms with E-state index < -0.39 is 11.4 Å². The van der Waals surface area contributed by atoms with Crippen LogP contribution >= 0.6 is 0 Å². The number of carboxylic acids is 1. The Kier molecular flexibility index (Phi) is 5.11. The summed E-state index contributed by atoms with van der Waals surface area (Å²) in [5, 5.41) is 9.71. The second-order valence-electron chi connectivity index (χ2n) is 7.48. The van der Waals surface area contributed by atoms with Crippen molar-refractivity contribution in [2.75, 3.05) is 13.1 Å². The highest BCUT2D eigenvalue weighted by Gasteiger charge is 2.43. The van der Waals surface area contributed by atoms with Crippen LogP contribution < -0.4 is 0 Å². The van der Waals surface area contributed by atoms with Crippen LogP contribution in [0.2, 0.25) is 0 Å². The molecule has 0 aromatic carbocycles. The van der Waals surface area contributed by atoms with Crippen LogP contribution in [0.4, 0.5) is 0 Å². The third kappa shape index (κ3) is 3.36. The van der Waals surface area contributed by atoms with Gasteiger partial charge in [0.05, 0.1) is 5.41 Å². The summed E-state index contributed by atoms with van der Waals surface area (Å²) in [6.07, 6.45) is 7.56. The molecule has 1 N–H and O–H groups in total. The lowest BCUT2D eigenvalue weighted by atomic mass is 9.74. The predicted molar refractivity (Wildman–Crippen MR) is 81.8 cm³/mol. The first-order valence-electron chi connectivity index (χ1n) is 8.44. The number of carboxylic acid groups (broad SMARTS) is 1. The summed E-state index contributed by atoms with van der Waals surface area (Å²) in [6, 6.07) is 0.615. The van der Waals surface area contributed by atoms with Crippen LogP contribution in [0.3, 0.4) is 0 Å². The molecule has 3 unspecified atom stereocenters. The van der Waals surface area contributed by atoms with E-state index in [0.29, 0.717) is 6.04 Å². The molecule has 0 aromatic heterocycles.